The molecule has 2 aromatic rings. The van der Waals surface area contributed by atoms with E-state index in [4.69, 9.17) is 9.47 Å². The monoisotopic (exact) mass is 563 g/mol. The molecule has 0 saturated carbocycles. The van der Waals surface area contributed by atoms with E-state index in [0.29, 0.717) is 24.7 Å². The summed E-state index contributed by atoms with van der Waals surface area (Å²) >= 11 is 0. The quantitative estimate of drug-likeness (QED) is 0.201. The van der Waals surface area contributed by atoms with Crippen LogP contribution in [0.5, 0.6) is 5.75 Å². The highest BCUT2D eigenvalue weighted by Crippen LogP contribution is 2.43. The van der Waals surface area contributed by atoms with Gasteiger partial charge in [0.1, 0.15) is 22.6 Å². The van der Waals surface area contributed by atoms with Crippen LogP contribution in [0.4, 0.5) is 4.39 Å². The Bertz CT molecular complexity index is 1440. The molecule has 11 nitrogen and oxygen atoms in total. The van der Waals surface area contributed by atoms with Crippen LogP contribution < -0.4 is 10.1 Å². The molecule has 0 aromatic heterocycles. The molecule has 212 valence electrons. The Morgan fingerprint density at radius 1 is 1.05 bits per heavy atom. The van der Waals surface area contributed by atoms with E-state index < -0.39 is 52.2 Å². The van der Waals surface area contributed by atoms with Crippen molar-refractivity contribution in [2.45, 2.75) is 35.2 Å². The van der Waals surface area contributed by atoms with Crippen LogP contribution in [-0.2, 0) is 32.8 Å². The van der Waals surface area contributed by atoms with Crippen LogP contribution in [0.1, 0.15) is 27.0 Å². The lowest BCUT2D eigenvalue weighted by atomic mass is 9.51. The lowest BCUT2D eigenvalue weighted by molar-refractivity contribution is -0.232. The number of halogens is 1. The molecular formula is C25H30B4FN3O8. The van der Waals surface area contributed by atoms with Crippen LogP contribution in [-0.4, -0.2) is 117 Å². The van der Waals surface area contributed by atoms with Gasteiger partial charge < -0.3 is 24.8 Å². The van der Waals surface area contributed by atoms with E-state index in [-0.39, 0.29) is 22.4 Å². The molecule has 0 bridgehead atoms. The Kier molecular flexibility index (Phi) is 7.14. The zero-order valence-electron chi connectivity index (χ0n) is 23.4. The summed E-state index contributed by atoms with van der Waals surface area (Å²) < 4.78 is 27.0. The molecule has 0 radical (unpaired) electrons. The number of aliphatic hydroxyl groups is 3. The molecule has 3 atom stereocenters. The van der Waals surface area contributed by atoms with Gasteiger partial charge in [-0.2, -0.15) is 0 Å². The Morgan fingerprint density at radius 2 is 1.73 bits per heavy atom. The Balaban J connectivity index is 1.42. The van der Waals surface area contributed by atoms with Gasteiger partial charge in [-0.05, 0) is 23.8 Å². The molecule has 4 N–H and O–H groups in total. The second-order valence-electron chi connectivity index (χ2n) is 11.6. The second-order valence-corrected chi connectivity index (χ2v) is 11.6. The summed E-state index contributed by atoms with van der Waals surface area (Å²) in [4.78, 5) is 41.4. The van der Waals surface area contributed by atoms with Crippen molar-refractivity contribution in [3.05, 3.63) is 64.5 Å². The van der Waals surface area contributed by atoms with E-state index in [9.17, 15) is 29.7 Å². The van der Waals surface area contributed by atoms with Crippen molar-refractivity contribution in [2.75, 3.05) is 26.3 Å². The van der Waals surface area contributed by atoms with Crippen LogP contribution in [0.2, 0.25) is 0 Å². The summed E-state index contributed by atoms with van der Waals surface area (Å²) in [7, 11) is 5.20. The molecule has 3 aliphatic rings. The predicted molar refractivity (Wildman–Crippen MR) is 153 cm³/mol. The smallest absolute Gasteiger partial charge is 0.282 e. The number of rotatable bonds is 6. The number of carbonyl (C=O) groups is 3. The number of hydrogen-bond acceptors (Lipinski definition) is 9. The highest BCUT2D eigenvalue weighted by Gasteiger charge is 2.71. The third kappa shape index (κ3) is 4.58. The summed E-state index contributed by atoms with van der Waals surface area (Å²) in [5.41, 5.74) is -6.94. The van der Waals surface area contributed by atoms with Gasteiger partial charge in [0, 0.05) is 36.3 Å². The number of benzene rings is 2. The number of nitrogens with zero attached hydrogens (tertiary/aromatic N) is 2. The summed E-state index contributed by atoms with van der Waals surface area (Å²) in [5, 5.41) is 33.9. The largest absolute Gasteiger partial charge is 0.501 e. The molecule has 3 aliphatic heterocycles. The average Bonchev–Trinajstić information content (AvgIpc) is 3.25. The maximum atomic E-state index is 15.4. The summed E-state index contributed by atoms with van der Waals surface area (Å²) in [6.45, 7) is 3.01. The number of imide groups is 1. The van der Waals surface area contributed by atoms with Crippen LogP contribution in [0, 0.1) is 5.82 Å². The Morgan fingerprint density at radius 3 is 2.39 bits per heavy atom. The third-order valence-electron chi connectivity index (χ3n) is 8.49. The van der Waals surface area contributed by atoms with E-state index in [1.54, 1.807) is 27.8 Å². The zero-order chi connectivity index (χ0) is 30.0. The predicted octanol–water partition coefficient (Wildman–Crippen LogP) is -4.94. The van der Waals surface area contributed by atoms with Crippen molar-refractivity contribution >= 4 is 49.1 Å². The molecule has 41 heavy (non-hydrogen) atoms. The van der Waals surface area contributed by atoms with Crippen LogP contribution in [0.15, 0.2) is 36.4 Å². The highest BCUT2D eigenvalue weighted by molar-refractivity contribution is 6.40. The van der Waals surface area contributed by atoms with Gasteiger partial charge in [0.15, 0.2) is 31.4 Å². The van der Waals surface area contributed by atoms with Crippen molar-refractivity contribution in [3.63, 3.8) is 0 Å². The lowest BCUT2D eigenvalue weighted by Crippen LogP contribution is -2.86. The van der Waals surface area contributed by atoms with Crippen molar-refractivity contribution in [3.8, 4) is 5.75 Å². The second kappa shape index (κ2) is 9.99. The fraction of sp³-hybridized carbons (Fsp3) is 0.400. The summed E-state index contributed by atoms with van der Waals surface area (Å²) in [5.74, 6) is -3.66. The van der Waals surface area contributed by atoms with Crippen LogP contribution >= 0.6 is 0 Å². The van der Waals surface area contributed by atoms with Gasteiger partial charge in [0.25, 0.3) is 17.7 Å². The minimum absolute atomic E-state index is 0.0770. The molecule has 2 saturated heterocycles. The topological polar surface area (TPSA) is 149 Å². The van der Waals surface area contributed by atoms with Gasteiger partial charge in [0.05, 0.1) is 25.2 Å². The first-order chi connectivity index (χ1) is 19.1. The fourth-order valence-electron chi connectivity index (χ4n) is 5.63. The van der Waals surface area contributed by atoms with Crippen molar-refractivity contribution in [2.24, 2.45) is 0 Å². The van der Waals surface area contributed by atoms with E-state index in [2.05, 4.69) is 4.90 Å². The molecular weight excluding hydrogens is 533 g/mol. The van der Waals surface area contributed by atoms with Crippen LogP contribution in [0.3, 0.4) is 0 Å². The zero-order valence-corrected chi connectivity index (χ0v) is 23.4. The van der Waals surface area contributed by atoms with Gasteiger partial charge in [-0.3, -0.25) is 29.5 Å². The molecule has 0 aliphatic carbocycles. The summed E-state index contributed by atoms with van der Waals surface area (Å²) in [6, 6.07) is 9.55. The minimum atomic E-state index is -3.00. The first-order valence-electron chi connectivity index (χ1n) is 13.4. The van der Waals surface area contributed by atoms with E-state index in [1.807, 2.05) is 11.4 Å². The van der Waals surface area contributed by atoms with Gasteiger partial charge in [-0.1, -0.05) is 18.2 Å². The molecule has 2 aromatic carbocycles. The molecule has 3 amide bonds. The maximum absolute atomic E-state index is 15.4. The molecule has 2 fully saturated rings. The first kappa shape index (κ1) is 29.3. The number of fused-ring (bicyclic) bond motifs is 1. The van der Waals surface area contributed by atoms with Crippen molar-refractivity contribution in [1.82, 2.24) is 15.1 Å². The number of carbonyl (C=O) groups excluding carboxylic acids is 3. The molecule has 5 rings (SSSR count). The number of nitrogens with one attached hydrogen (secondary N) is 1. The average molecular weight is 563 g/mol. The number of piperidine rings is 1. The number of amides is 3. The molecule has 3 unspecified atom stereocenters. The minimum Gasteiger partial charge on any atom is -0.501 e. The van der Waals surface area contributed by atoms with Gasteiger partial charge in [-0.15, -0.1) is 0 Å². The van der Waals surface area contributed by atoms with E-state index in [1.165, 1.54) is 18.2 Å². The van der Waals surface area contributed by atoms with Crippen LogP contribution in [0.25, 0.3) is 0 Å². The number of hydrogen-bond donors (Lipinski definition) is 4. The summed E-state index contributed by atoms with van der Waals surface area (Å²) in [6.07, 6.45) is 0. The number of morpholine rings is 1. The number of ether oxygens (including phenoxy) is 2. The lowest BCUT2D eigenvalue weighted by Gasteiger charge is -2.53. The Hall–Kier alpha value is -3.16. The van der Waals surface area contributed by atoms with Gasteiger partial charge >= 0.3 is 0 Å². The first-order valence-corrected chi connectivity index (χ1v) is 13.4. The van der Waals surface area contributed by atoms with Gasteiger partial charge in [-0.25, -0.2) is 4.39 Å². The third-order valence-corrected chi connectivity index (χ3v) is 8.49. The molecule has 0 spiro atoms. The normalized spacial score (nSPS) is 28.9. The Labute approximate surface area is 239 Å². The highest BCUT2D eigenvalue weighted by atomic mass is 19.1. The molecule has 3 heterocycles. The SMILES string of the molecule is BC(B)(Oc1cccc2c1CN(C1(O)C(=O)NC(=O)C(B)(O)C1(B)O)C2=O)c1ccc(CN2CCOCC2)cc1F. The fourth-order valence-corrected chi connectivity index (χ4v) is 5.63. The molecule has 16 heteroatoms. The van der Waals surface area contributed by atoms with E-state index in [0.717, 1.165) is 34.3 Å². The van der Waals surface area contributed by atoms with Crippen molar-refractivity contribution < 1.29 is 43.6 Å². The van der Waals surface area contributed by atoms with Gasteiger partial charge in [0.2, 0.25) is 5.72 Å². The van der Waals surface area contributed by atoms with Crippen molar-refractivity contribution in [1.29, 1.82) is 0 Å². The standard InChI is InChI=1S/C25H30B4FN3O8/c26-22(37)20(35)31-21(36)23(38,25(22,29)39)33-12-15-14(19(33)34)2-1-3-18(15)41-24(27,28)16-5-4-13(10-17(16)30)11-32-6-8-40-9-7-32/h1-5,10,37-39H,6-9,11-12,26-29H2,(H,31,35,36). The van der Waals surface area contributed by atoms with E-state index >= 15 is 4.39 Å². The maximum Gasteiger partial charge on any atom is 0.282 e.